The van der Waals surface area contributed by atoms with Crippen molar-refractivity contribution in [3.8, 4) is 0 Å². The van der Waals surface area contributed by atoms with Gasteiger partial charge in [0.2, 0.25) is 0 Å². The zero-order chi connectivity index (χ0) is 13.8. The molecule has 1 aliphatic rings. The minimum atomic E-state index is -0.809. The SMILES string of the molecule is Cc1cnc(SCC(=O)O)n1C(C)C1CCOCC1. The number of nitrogens with zero attached hydrogens (tertiary/aromatic N) is 2. The molecule has 2 heterocycles. The number of thioether (sulfide) groups is 1. The molecule has 0 aromatic carbocycles. The summed E-state index contributed by atoms with van der Waals surface area (Å²) < 4.78 is 7.57. The third kappa shape index (κ3) is 3.51. The Morgan fingerprint density at radius 2 is 2.32 bits per heavy atom. The van der Waals surface area contributed by atoms with Gasteiger partial charge in [0.1, 0.15) is 0 Å². The molecule has 19 heavy (non-hydrogen) atoms. The first-order chi connectivity index (χ1) is 9.09. The highest BCUT2D eigenvalue weighted by Gasteiger charge is 2.24. The number of hydrogen-bond acceptors (Lipinski definition) is 4. The molecule has 1 saturated heterocycles. The number of hydrogen-bond donors (Lipinski definition) is 1. The van der Waals surface area contributed by atoms with Crippen molar-refractivity contribution in [1.82, 2.24) is 9.55 Å². The first-order valence-corrected chi connectivity index (χ1v) is 7.54. The van der Waals surface area contributed by atoms with Crippen molar-refractivity contribution >= 4 is 17.7 Å². The highest BCUT2D eigenvalue weighted by molar-refractivity contribution is 7.99. The van der Waals surface area contributed by atoms with E-state index in [-0.39, 0.29) is 5.75 Å². The lowest BCUT2D eigenvalue weighted by Crippen LogP contribution is -2.25. The summed E-state index contributed by atoms with van der Waals surface area (Å²) in [6, 6.07) is 0.336. The number of carbonyl (C=O) groups is 1. The summed E-state index contributed by atoms with van der Waals surface area (Å²) in [5, 5.41) is 9.59. The van der Waals surface area contributed by atoms with Crippen LogP contribution in [0.15, 0.2) is 11.4 Å². The summed E-state index contributed by atoms with van der Waals surface area (Å²) in [6.45, 7) is 5.85. The molecular weight excluding hydrogens is 264 g/mol. The zero-order valence-electron chi connectivity index (χ0n) is 11.3. The third-order valence-electron chi connectivity index (χ3n) is 3.63. The van der Waals surface area contributed by atoms with Gasteiger partial charge < -0.3 is 14.4 Å². The van der Waals surface area contributed by atoms with Gasteiger partial charge in [-0.05, 0) is 32.6 Å². The quantitative estimate of drug-likeness (QED) is 0.841. The van der Waals surface area contributed by atoms with Crippen molar-refractivity contribution in [2.45, 2.75) is 37.9 Å². The summed E-state index contributed by atoms with van der Waals surface area (Å²) in [4.78, 5) is 15.0. The zero-order valence-corrected chi connectivity index (χ0v) is 12.2. The fraction of sp³-hybridized carbons (Fsp3) is 0.692. The molecule has 1 aromatic heterocycles. The summed E-state index contributed by atoms with van der Waals surface area (Å²) in [6.07, 6.45) is 3.93. The van der Waals surface area contributed by atoms with Gasteiger partial charge in [0.15, 0.2) is 5.16 Å². The van der Waals surface area contributed by atoms with Gasteiger partial charge in [0.05, 0.1) is 5.75 Å². The van der Waals surface area contributed by atoms with Crippen molar-refractivity contribution in [2.75, 3.05) is 19.0 Å². The minimum absolute atomic E-state index is 0.0525. The Morgan fingerprint density at radius 1 is 1.63 bits per heavy atom. The van der Waals surface area contributed by atoms with Crippen LogP contribution in [-0.4, -0.2) is 39.6 Å². The van der Waals surface area contributed by atoms with Crippen LogP contribution in [0, 0.1) is 12.8 Å². The third-order valence-corrected chi connectivity index (χ3v) is 4.58. The van der Waals surface area contributed by atoms with E-state index in [9.17, 15) is 4.79 Å². The molecule has 0 spiro atoms. The van der Waals surface area contributed by atoms with Crippen LogP contribution in [0.5, 0.6) is 0 Å². The van der Waals surface area contributed by atoms with Crippen LogP contribution in [0.1, 0.15) is 31.5 Å². The van der Waals surface area contributed by atoms with E-state index in [1.807, 2.05) is 13.1 Å². The van der Waals surface area contributed by atoms with Gasteiger partial charge in [-0.3, -0.25) is 4.79 Å². The highest BCUT2D eigenvalue weighted by Crippen LogP contribution is 2.32. The van der Waals surface area contributed by atoms with Gasteiger partial charge in [0, 0.05) is 31.1 Å². The van der Waals surface area contributed by atoms with Crippen LogP contribution >= 0.6 is 11.8 Å². The Bertz CT molecular complexity index is 441. The average molecular weight is 284 g/mol. The number of aryl methyl sites for hydroxylation is 1. The lowest BCUT2D eigenvalue weighted by Gasteiger charge is -2.30. The molecule has 0 bridgehead atoms. The molecule has 5 nitrogen and oxygen atoms in total. The van der Waals surface area contributed by atoms with Gasteiger partial charge in [-0.2, -0.15) is 0 Å². The molecule has 1 atom stereocenters. The van der Waals surface area contributed by atoms with E-state index in [1.54, 1.807) is 0 Å². The lowest BCUT2D eigenvalue weighted by atomic mass is 9.92. The number of aliphatic carboxylic acids is 1. The first kappa shape index (κ1) is 14.4. The maximum Gasteiger partial charge on any atom is 0.313 e. The van der Waals surface area contributed by atoms with E-state index >= 15 is 0 Å². The van der Waals surface area contributed by atoms with Gasteiger partial charge in [-0.15, -0.1) is 0 Å². The molecule has 1 N–H and O–H groups in total. The van der Waals surface area contributed by atoms with Gasteiger partial charge in [-0.25, -0.2) is 4.98 Å². The Kier molecular flexibility index (Phi) is 4.87. The number of carboxylic acids is 1. The predicted molar refractivity (Wildman–Crippen MR) is 73.6 cm³/mol. The highest BCUT2D eigenvalue weighted by atomic mass is 32.2. The van der Waals surface area contributed by atoms with Crippen molar-refractivity contribution < 1.29 is 14.6 Å². The monoisotopic (exact) mass is 284 g/mol. The number of imidazole rings is 1. The molecule has 0 saturated carbocycles. The largest absolute Gasteiger partial charge is 0.481 e. The van der Waals surface area contributed by atoms with Gasteiger partial charge >= 0.3 is 5.97 Å². The molecule has 1 fully saturated rings. The van der Waals surface area contributed by atoms with Crippen molar-refractivity contribution in [1.29, 1.82) is 0 Å². The van der Waals surface area contributed by atoms with Gasteiger partial charge in [-0.1, -0.05) is 11.8 Å². The standard InChI is InChI=1S/C13H20N2O3S/c1-9-7-14-13(19-8-12(16)17)15(9)10(2)11-3-5-18-6-4-11/h7,10-11H,3-6,8H2,1-2H3,(H,16,17). The average Bonchev–Trinajstić information content (AvgIpc) is 2.78. The maximum atomic E-state index is 10.7. The van der Waals surface area contributed by atoms with E-state index in [0.717, 1.165) is 36.9 Å². The predicted octanol–water partition coefficient (Wildman–Crippen LogP) is 2.36. The molecule has 6 heteroatoms. The number of carboxylic acid groups (broad SMARTS) is 1. The summed E-state index contributed by atoms with van der Waals surface area (Å²) >= 11 is 1.29. The Labute approximate surface area is 117 Å². The Hall–Kier alpha value is -1.01. The number of aromatic nitrogens is 2. The van der Waals surface area contributed by atoms with E-state index in [4.69, 9.17) is 9.84 Å². The van der Waals surface area contributed by atoms with E-state index in [2.05, 4.69) is 16.5 Å². The van der Waals surface area contributed by atoms with Crippen LogP contribution in [0.2, 0.25) is 0 Å². The molecule has 0 radical (unpaired) electrons. The van der Waals surface area contributed by atoms with E-state index in [1.165, 1.54) is 11.8 Å². The topological polar surface area (TPSA) is 64.3 Å². The van der Waals surface area contributed by atoms with Crippen molar-refractivity contribution in [3.05, 3.63) is 11.9 Å². The molecule has 1 unspecified atom stereocenters. The van der Waals surface area contributed by atoms with Crippen molar-refractivity contribution in [3.63, 3.8) is 0 Å². The molecule has 1 aromatic rings. The Balaban J connectivity index is 2.12. The summed E-state index contributed by atoms with van der Waals surface area (Å²) in [5.74, 6) is -0.182. The normalized spacial score (nSPS) is 18.4. The molecule has 1 aliphatic heterocycles. The van der Waals surface area contributed by atoms with Crippen LogP contribution < -0.4 is 0 Å². The van der Waals surface area contributed by atoms with Crippen LogP contribution in [0.3, 0.4) is 0 Å². The maximum absolute atomic E-state index is 10.7. The fourth-order valence-corrected chi connectivity index (χ4v) is 3.39. The van der Waals surface area contributed by atoms with Crippen LogP contribution in [0.25, 0.3) is 0 Å². The van der Waals surface area contributed by atoms with Gasteiger partial charge in [0.25, 0.3) is 0 Å². The second kappa shape index (κ2) is 6.43. The summed E-state index contributed by atoms with van der Waals surface area (Å²) in [5.41, 5.74) is 1.09. The first-order valence-electron chi connectivity index (χ1n) is 6.55. The van der Waals surface area contributed by atoms with Crippen LogP contribution in [0.4, 0.5) is 0 Å². The Morgan fingerprint density at radius 3 is 2.95 bits per heavy atom. The summed E-state index contributed by atoms with van der Waals surface area (Å²) in [7, 11) is 0. The molecule has 0 amide bonds. The smallest absolute Gasteiger partial charge is 0.313 e. The lowest BCUT2D eigenvalue weighted by molar-refractivity contribution is -0.133. The molecule has 106 valence electrons. The second-order valence-electron chi connectivity index (χ2n) is 4.92. The minimum Gasteiger partial charge on any atom is -0.481 e. The fourth-order valence-electron chi connectivity index (χ4n) is 2.56. The number of rotatable bonds is 5. The number of ether oxygens (including phenoxy) is 1. The van der Waals surface area contributed by atoms with Crippen molar-refractivity contribution in [2.24, 2.45) is 5.92 Å². The molecule has 2 rings (SSSR count). The molecular formula is C13H20N2O3S. The van der Waals surface area contributed by atoms with E-state index < -0.39 is 5.97 Å². The van der Waals surface area contributed by atoms with Crippen LogP contribution in [-0.2, 0) is 9.53 Å². The van der Waals surface area contributed by atoms with E-state index in [0.29, 0.717) is 12.0 Å². The molecule has 0 aliphatic carbocycles. The second-order valence-corrected chi connectivity index (χ2v) is 5.87.